The highest BCUT2D eigenvalue weighted by atomic mass is 16.1. The summed E-state index contributed by atoms with van der Waals surface area (Å²) >= 11 is 0. The molecular weight excluding hydrogens is 236 g/mol. The second-order valence-corrected chi connectivity index (χ2v) is 5.82. The highest BCUT2D eigenvalue weighted by Gasteiger charge is 2.34. The minimum absolute atomic E-state index is 0.233. The molecule has 0 aromatic heterocycles. The minimum Gasteiger partial charge on any atom is -0.352 e. The van der Waals surface area contributed by atoms with E-state index in [9.17, 15) is 4.79 Å². The predicted octanol–water partition coefficient (Wildman–Crippen LogP) is 2.02. The summed E-state index contributed by atoms with van der Waals surface area (Å²) in [6.07, 6.45) is 6.21. The molecule has 0 saturated carbocycles. The van der Waals surface area contributed by atoms with Crippen LogP contribution in [0.25, 0.3) is 0 Å². The van der Waals surface area contributed by atoms with Crippen LogP contribution < -0.4 is 10.6 Å². The summed E-state index contributed by atoms with van der Waals surface area (Å²) in [6, 6.07) is 11.9. The van der Waals surface area contributed by atoms with Crippen molar-refractivity contribution in [2.75, 3.05) is 0 Å². The molecule has 1 unspecified atom stereocenters. The second kappa shape index (κ2) is 5.74. The van der Waals surface area contributed by atoms with Gasteiger partial charge in [-0.3, -0.25) is 4.79 Å². The van der Waals surface area contributed by atoms with Gasteiger partial charge in [0.15, 0.2) is 0 Å². The van der Waals surface area contributed by atoms with Gasteiger partial charge in [-0.2, -0.15) is 0 Å². The fourth-order valence-electron chi connectivity index (χ4n) is 3.37. The van der Waals surface area contributed by atoms with Gasteiger partial charge < -0.3 is 10.6 Å². The zero-order valence-electron chi connectivity index (χ0n) is 11.3. The molecule has 1 aromatic rings. The average Bonchev–Trinajstić information content (AvgIpc) is 2.75. The predicted molar refractivity (Wildman–Crippen MR) is 75.9 cm³/mol. The van der Waals surface area contributed by atoms with Gasteiger partial charge >= 0.3 is 0 Å². The van der Waals surface area contributed by atoms with Gasteiger partial charge in [0.2, 0.25) is 5.91 Å². The Balaban J connectivity index is 1.63. The van der Waals surface area contributed by atoms with Crippen LogP contribution in [-0.2, 0) is 11.2 Å². The number of hydrogen-bond acceptors (Lipinski definition) is 2. The van der Waals surface area contributed by atoms with Crippen LogP contribution in [0.4, 0.5) is 0 Å². The zero-order valence-corrected chi connectivity index (χ0v) is 11.3. The Bertz CT molecular complexity index is 432. The number of amides is 1. The molecule has 0 radical (unpaired) electrons. The van der Waals surface area contributed by atoms with Crippen LogP contribution >= 0.6 is 0 Å². The van der Waals surface area contributed by atoms with E-state index in [0.29, 0.717) is 24.5 Å². The number of hydrogen-bond donors (Lipinski definition) is 2. The number of rotatable bonds is 2. The minimum atomic E-state index is 0.233. The molecule has 3 rings (SSSR count). The van der Waals surface area contributed by atoms with E-state index in [1.54, 1.807) is 0 Å². The van der Waals surface area contributed by atoms with E-state index in [4.69, 9.17) is 0 Å². The van der Waals surface area contributed by atoms with Gasteiger partial charge in [0.25, 0.3) is 0 Å². The van der Waals surface area contributed by atoms with Crippen LogP contribution in [0.1, 0.15) is 37.7 Å². The zero-order chi connectivity index (χ0) is 13.1. The molecule has 2 fully saturated rings. The number of carbonyl (C=O) groups is 1. The maximum atomic E-state index is 11.7. The number of carbonyl (C=O) groups excluding carboxylic acids is 1. The fraction of sp³-hybridized carbons (Fsp3) is 0.562. The average molecular weight is 258 g/mol. The van der Waals surface area contributed by atoms with Crippen molar-refractivity contribution < 1.29 is 4.79 Å². The Morgan fingerprint density at radius 2 is 1.95 bits per heavy atom. The third-order valence-electron chi connectivity index (χ3n) is 4.31. The SMILES string of the molecule is O=C1CCCC[C@@H]2NC(Cc3ccccc3)C[C@H]2N1. The molecule has 1 aromatic carbocycles. The molecule has 3 atom stereocenters. The lowest BCUT2D eigenvalue weighted by Crippen LogP contribution is -2.44. The maximum absolute atomic E-state index is 11.7. The Labute approximate surface area is 114 Å². The third-order valence-corrected chi connectivity index (χ3v) is 4.31. The number of benzene rings is 1. The van der Waals surface area contributed by atoms with E-state index >= 15 is 0 Å². The van der Waals surface area contributed by atoms with Crippen molar-refractivity contribution in [1.82, 2.24) is 10.6 Å². The van der Waals surface area contributed by atoms with Crippen molar-refractivity contribution in [3.8, 4) is 0 Å². The second-order valence-electron chi connectivity index (χ2n) is 5.82. The Morgan fingerprint density at radius 3 is 2.79 bits per heavy atom. The van der Waals surface area contributed by atoms with Crippen LogP contribution in [0, 0.1) is 0 Å². The molecule has 0 bridgehead atoms. The Hall–Kier alpha value is -1.35. The van der Waals surface area contributed by atoms with E-state index in [0.717, 1.165) is 19.3 Å². The van der Waals surface area contributed by atoms with Crippen molar-refractivity contribution >= 4 is 5.91 Å². The topological polar surface area (TPSA) is 41.1 Å². The van der Waals surface area contributed by atoms with Gasteiger partial charge in [-0.1, -0.05) is 36.8 Å². The molecule has 0 spiro atoms. The monoisotopic (exact) mass is 258 g/mol. The van der Waals surface area contributed by atoms with Crippen LogP contribution in [-0.4, -0.2) is 24.0 Å². The summed E-state index contributed by atoms with van der Waals surface area (Å²) in [4.78, 5) is 11.7. The molecule has 3 heteroatoms. The fourth-order valence-corrected chi connectivity index (χ4v) is 3.37. The lowest BCUT2D eigenvalue weighted by molar-refractivity contribution is -0.122. The number of nitrogens with one attached hydrogen (secondary N) is 2. The summed E-state index contributed by atoms with van der Waals surface area (Å²) in [5.41, 5.74) is 1.38. The van der Waals surface area contributed by atoms with E-state index in [-0.39, 0.29) is 5.91 Å². The molecule has 1 amide bonds. The molecule has 19 heavy (non-hydrogen) atoms. The molecular formula is C16H22N2O. The van der Waals surface area contributed by atoms with Gasteiger partial charge in [0.1, 0.15) is 0 Å². The lowest BCUT2D eigenvalue weighted by atomic mass is 9.98. The molecule has 3 nitrogen and oxygen atoms in total. The maximum Gasteiger partial charge on any atom is 0.220 e. The van der Waals surface area contributed by atoms with E-state index in [2.05, 4.69) is 41.0 Å². The van der Waals surface area contributed by atoms with Crippen molar-refractivity contribution in [3.05, 3.63) is 35.9 Å². The van der Waals surface area contributed by atoms with E-state index < -0.39 is 0 Å². The van der Waals surface area contributed by atoms with Crippen molar-refractivity contribution in [2.45, 2.75) is 56.7 Å². The third kappa shape index (κ3) is 3.16. The Morgan fingerprint density at radius 1 is 1.11 bits per heavy atom. The van der Waals surface area contributed by atoms with Gasteiger partial charge in [-0.05, 0) is 31.2 Å². The summed E-state index contributed by atoms with van der Waals surface area (Å²) in [5.74, 6) is 0.233. The Kier molecular flexibility index (Phi) is 3.83. The highest BCUT2D eigenvalue weighted by molar-refractivity contribution is 5.76. The van der Waals surface area contributed by atoms with Gasteiger partial charge in [0.05, 0.1) is 0 Å². The lowest BCUT2D eigenvalue weighted by Gasteiger charge is -2.23. The van der Waals surface area contributed by atoms with Crippen LogP contribution in [0.15, 0.2) is 30.3 Å². The molecule has 2 heterocycles. The molecule has 2 aliphatic heterocycles. The first-order valence-corrected chi connectivity index (χ1v) is 7.40. The van der Waals surface area contributed by atoms with E-state index in [1.165, 1.54) is 18.4 Å². The van der Waals surface area contributed by atoms with Gasteiger partial charge in [0, 0.05) is 24.5 Å². The summed E-state index contributed by atoms with van der Waals surface area (Å²) in [5, 5.41) is 6.91. The molecule has 0 aliphatic carbocycles. The van der Waals surface area contributed by atoms with Gasteiger partial charge in [-0.15, -0.1) is 0 Å². The smallest absolute Gasteiger partial charge is 0.220 e. The standard InChI is InChI=1S/C16H22N2O/c19-16-9-5-4-8-14-15(18-16)11-13(17-14)10-12-6-2-1-3-7-12/h1-3,6-7,13-15,17H,4-5,8-11H2,(H,18,19)/t13?,14-,15+/m0/s1. The molecule has 2 aliphatic rings. The van der Waals surface area contributed by atoms with Crippen LogP contribution in [0.5, 0.6) is 0 Å². The van der Waals surface area contributed by atoms with Crippen LogP contribution in [0.3, 0.4) is 0 Å². The normalized spacial score (nSPS) is 31.2. The first kappa shape index (κ1) is 12.7. The number of fused-ring (bicyclic) bond motifs is 1. The largest absolute Gasteiger partial charge is 0.352 e. The molecule has 102 valence electrons. The van der Waals surface area contributed by atoms with E-state index in [1.807, 2.05) is 0 Å². The highest BCUT2D eigenvalue weighted by Crippen LogP contribution is 2.23. The summed E-state index contributed by atoms with van der Waals surface area (Å²) in [6.45, 7) is 0. The first-order valence-electron chi connectivity index (χ1n) is 7.40. The van der Waals surface area contributed by atoms with Crippen molar-refractivity contribution in [2.24, 2.45) is 0 Å². The summed E-state index contributed by atoms with van der Waals surface area (Å²) in [7, 11) is 0. The van der Waals surface area contributed by atoms with Crippen LogP contribution in [0.2, 0.25) is 0 Å². The van der Waals surface area contributed by atoms with Crippen molar-refractivity contribution in [3.63, 3.8) is 0 Å². The quantitative estimate of drug-likeness (QED) is 0.852. The summed E-state index contributed by atoms with van der Waals surface area (Å²) < 4.78 is 0. The molecule has 2 N–H and O–H groups in total. The van der Waals surface area contributed by atoms with Crippen molar-refractivity contribution in [1.29, 1.82) is 0 Å². The van der Waals surface area contributed by atoms with Gasteiger partial charge in [-0.25, -0.2) is 0 Å². The first-order chi connectivity index (χ1) is 9.31. The molecule has 2 saturated heterocycles.